The highest BCUT2D eigenvalue weighted by atomic mass is 79.9. The van der Waals surface area contributed by atoms with Crippen LogP contribution in [0.2, 0.25) is 0 Å². The zero-order valence-corrected chi connectivity index (χ0v) is 11.9. The minimum absolute atomic E-state index is 0.126. The molecule has 0 radical (unpaired) electrons. The van der Waals surface area contributed by atoms with Gasteiger partial charge in [-0.25, -0.2) is 4.39 Å². The minimum atomic E-state index is -0.400. The maximum absolute atomic E-state index is 13.0. The minimum Gasteiger partial charge on any atom is -0.482 e. The summed E-state index contributed by atoms with van der Waals surface area (Å²) in [7, 11) is 0. The third kappa shape index (κ3) is 4.47. The van der Waals surface area contributed by atoms with E-state index in [-0.39, 0.29) is 18.6 Å². The lowest BCUT2D eigenvalue weighted by molar-refractivity contribution is -0.124. The third-order valence-corrected chi connectivity index (χ3v) is 3.49. The van der Waals surface area contributed by atoms with E-state index in [4.69, 9.17) is 9.47 Å². The molecule has 1 aromatic carbocycles. The Kier molecular flexibility index (Phi) is 5.15. The largest absolute Gasteiger partial charge is 0.482 e. The van der Waals surface area contributed by atoms with Crippen molar-refractivity contribution in [3.63, 3.8) is 0 Å². The number of amides is 1. The van der Waals surface area contributed by atoms with E-state index in [1.54, 1.807) is 6.07 Å². The van der Waals surface area contributed by atoms with E-state index < -0.39 is 5.82 Å². The van der Waals surface area contributed by atoms with Crippen molar-refractivity contribution in [2.24, 2.45) is 0 Å². The van der Waals surface area contributed by atoms with Gasteiger partial charge in [-0.05, 0) is 40.9 Å². The molecule has 1 aliphatic heterocycles. The number of carbonyl (C=O) groups excluding carboxylic acids is 1. The van der Waals surface area contributed by atoms with Crippen LogP contribution in [0.15, 0.2) is 22.7 Å². The number of ether oxygens (including phenoxy) is 2. The molecule has 1 N–H and O–H groups in total. The van der Waals surface area contributed by atoms with Crippen LogP contribution in [0.4, 0.5) is 4.39 Å². The Hall–Kier alpha value is -1.14. The first-order chi connectivity index (χ1) is 9.15. The number of nitrogens with one attached hydrogen (secondary N) is 1. The van der Waals surface area contributed by atoms with Crippen molar-refractivity contribution in [2.45, 2.75) is 18.9 Å². The molecule has 0 aliphatic carbocycles. The molecule has 0 aromatic heterocycles. The second-order valence-corrected chi connectivity index (χ2v) is 5.17. The Labute approximate surface area is 119 Å². The zero-order valence-electron chi connectivity index (χ0n) is 10.3. The Morgan fingerprint density at radius 2 is 2.21 bits per heavy atom. The standard InChI is InChI=1S/C13H15BrFNO3/c14-11-2-1-9(15)7-12(11)19-8-13(17)16-10-3-5-18-6-4-10/h1-2,7,10H,3-6,8H2,(H,16,17). The van der Waals surface area contributed by atoms with Gasteiger partial charge in [0, 0.05) is 25.3 Å². The Morgan fingerprint density at radius 3 is 2.95 bits per heavy atom. The fourth-order valence-electron chi connectivity index (χ4n) is 1.84. The molecule has 1 amide bonds. The lowest BCUT2D eigenvalue weighted by atomic mass is 10.1. The van der Waals surface area contributed by atoms with Gasteiger partial charge in [0.05, 0.1) is 4.47 Å². The van der Waals surface area contributed by atoms with Crippen molar-refractivity contribution in [1.82, 2.24) is 5.32 Å². The molecule has 0 bridgehead atoms. The maximum Gasteiger partial charge on any atom is 0.258 e. The molecule has 6 heteroatoms. The predicted molar refractivity (Wildman–Crippen MR) is 71.6 cm³/mol. The van der Waals surface area contributed by atoms with Crippen LogP contribution >= 0.6 is 15.9 Å². The highest BCUT2D eigenvalue weighted by molar-refractivity contribution is 9.10. The zero-order chi connectivity index (χ0) is 13.7. The summed E-state index contributed by atoms with van der Waals surface area (Å²) < 4.78 is 24.1. The molecular weight excluding hydrogens is 317 g/mol. The molecule has 1 heterocycles. The quantitative estimate of drug-likeness (QED) is 0.920. The van der Waals surface area contributed by atoms with Gasteiger partial charge in [0.15, 0.2) is 6.61 Å². The molecule has 1 aliphatic rings. The topological polar surface area (TPSA) is 47.6 Å². The van der Waals surface area contributed by atoms with E-state index in [1.165, 1.54) is 12.1 Å². The summed E-state index contributed by atoms with van der Waals surface area (Å²) in [5, 5.41) is 2.87. The summed E-state index contributed by atoms with van der Waals surface area (Å²) in [5.74, 6) is -0.284. The Morgan fingerprint density at radius 1 is 1.47 bits per heavy atom. The van der Waals surface area contributed by atoms with E-state index in [0.29, 0.717) is 23.4 Å². The van der Waals surface area contributed by atoms with Crippen molar-refractivity contribution in [2.75, 3.05) is 19.8 Å². The molecule has 1 saturated heterocycles. The van der Waals surface area contributed by atoms with Crippen molar-refractivity contribution >= 4 is 21.8 Å². The first-order valence-electron chi connectivity index (χ1n) is 6.10. The second-order valence-electron chi connectivity index (χ2n) is 4.32. The van der Waals surface area contributed by atoms with Crippen molar-refractivity contribution in [3.05, 3.63) is 28.5 Å². The van der Waals surface area contributed by atoms with E-state index in [9.17, 15) is 9.18 Å². The third-order valence-electron chi connectivity index (χ3n) is 2.84. The molecule has 0 unspecified atom stereocenters. The molecular formula is C13H15BrFNO3. The lowest BCUT2D eigenvalue weighted by Gasteiger charge is -2.23. The van der Waals surface area contributed by atoms with Gasteiger partial charge < -0.3 is 14.8 Å². The van der Waals surface area contributed by atoms with Crippen LogP contribution in [0.5, 0.6) is 5.75 Å². The van der Waals surface area contributed by atoms with Gasteiger partial charge in [-0.3, -0.25) is 4.79 Å². The predicted octanol–water partition coefficient (Wildman–Crippen LogP) is 2.26. The maximum atomic E-state index is 13.0. The number of hydrogen-bond donors (Lipinski definition) is 1. The van der Waals surface area contributed by atoms with Gasteiger partial charge >= 0.3 is 0 Å². The van der Waals surface area contributed by atoms with Crippen LogP contribution in [0.3, 0.4) is 0 Å². The van der Waals surface area contributed by atoms with Crippen LogP contribution in [0.1, 0.15) is 12.8 Å². The summed E-state index contributed by atoms with van der Waals surface area (Å²) in [6.45, 7) is 1.21. The summed E-state index contributed by atoms with van der Waals surface area (Å²) in [4.78, 5) is 11.7. The first-order valence-corrected chi connectivity index (χ1v) is 6.89. The fraction of sp³-hybridized carbons (Fsp3) is 0.462. The Bertz CT molecular complexity index is 450. The van der Waals surface area contributed by atoms with E-state index >= 15 is 0 Å². The monoisotopic (exact) mass is 331 g/mol. The highest BCUT2D eigenvalue weighted by Crippen LogP contribution is 2.25. The summed E-state index contributed by atoms with van der Waals surface area (Å²) >= 11 is 3.24. The van der Waals surface area contributed by atoms with Gasteiger partial charge in [0.1, 0.15) is 11.6 Å². The molecule has 0 saturated carbocycles. The van der Waals surface area contributed by atoms with Crippen molar-refractivity contribution in [1.29, 1.82) is 0 Å². The second kappa shape index (κ2) is 6.86. The lowest BCUT2D eigenvalue weighted by Crippen LogP contribution is -2.41. The number of carbonyl (C=O) groups is 1. The number of rotatable bonds is 4. The number of halogens is 2. The van der Waals surface area contributed by atoms with Crippen LogP contribution in [-0.2, 0) is 9.53 Å². The van der Waals surface area contributed by atoms with Gasteiger partial charge in [-0.2, -0.15) is 0 Å². The van der Waals surface area contributed by atoms with Crippen LogP contribution in [-0.4, -0.2) is 31.8 Å². The van der Waals surface area contributed by atoms with Crippen LogP contribution in [0.25, 0.3) is 0 Å². The molecule has 104 valence electrons. The SMILES string of the molecule is O=C(COc1cc(F)ccc1Br)NC1CCOCC1. The summed E-state index contributed by atoms with van der Waals surface area (Å²) in [6.07, 6.45) is 1.63. The van der Waals surface area contributed by atoms with Crippen molar-refractivity contribution in [3.8, 4) is 5.75 Å². The van der Waals surface area contributed by atoms with E-state index in [1.807, 2.05) is 0 Å². The Balaban J connectivity index is 1.81. The van der Waals surface area contributed by atoms with E-state index in [2.05, 4.69) is 21.2 Å². The molecule has 0 spiro atoms. The van der Waals surface area contributed by atoms with Gasteiger partial charge in [-0.1, -0.05) is 0 Å². The molecule has 19 heavy (non-hydrogen) atoms. The number of hydrogen-bond acceptors (Lipinski definition) is 3. The van der Waals surface area contributed by atoms with Gasteiger partial charge in [-0.15, -0.1) is 0 Å². The molecule has 4 nitrogen and oxygen atoms in total. The molecule has 2 rings (SSSR count). The molecule has 1 fully saturated rings. The summed E-state index contributed by atoms with van der Waals surface area (Å²) in [6, 6.07) is 4.24. The van der Waals surface area contributed by atoms with Gasteiger partial charge in [0.2, 0.25) is 0 Å². The van der Waals surface area contributed by atoms with Gasteiger partial charge in [0.25, 0.3) is 5.91 Å². The van der Waals surface area contributed by atoms with Crippen LogP contribution in [0, 0.1) is 5.82 Å². The summed E-state index contributed by atoms with van der Waals surface area (Å²) in [5.41, 5.74) is 0. The smallest absolute Gasteiger partial charge is 0.258 e. The van der Waals surface area contributed by atoms with E-state index in [0.717, 1.165) is 12.8 Å². The first kappa shape index (κ1) is 14.3. The fourth-order valence-corrected chi connectivity index (χ4v) is 2.20. The highest BCUT2D eigenvalue weighted by Gasteiger charge is 2.16. The van der Waals surface area contributed by atoms with Crippen molar-refractivity contribution < 1.29 is 18.7 Å². The molecule has 1 aromatic rings. The molecule has 0 atom stereocenters. The average molecular weight is 332 g/mol. The number of benzene rings is 1. The normalized spacial score (nSPS) is 16.1. The van der Waals surface area contributed by atoms with Crippen LogP contribution < -0.4 is 10.1 Å². The average Bonchev–Trinajstić information content (AvgIpc) is 2.41.